The number of sulfone groups is 1. The van der Waals surface area contributed by atoms with Crippen molar-refractivity contribution >= 4 is 44.0 Å². The summed E-state index contributed by atoms with van der Waals surface area (Å²) >= 11 is 7.17. The lowest BCUT2D eigenvalue weighted by Gasteiger charge is -2.03. The van der Waals surface area contributed by atoms with Crippen molar-refractivity contribution in [2.24, 2.45) is 0 Å². The van der Waals surface area contributed by atoms with E-state index in [1.807, 2.05) is 0 Å². The van der Waals surface area contributed by atoms with Gasteiger partial charge in [0, 0.05) is 0 Å². The van der Waals surface area contributed by atoms with Crippen LogP contribution in [0.2, 0.25) is 0 Å². The maximum Gasteiger partial charge on any atom is 0.204 e. The minimum Gasteiger partial charge on any atom is -0.221 e. The van der Waals surface area contributed by atoms with Crippen LogP contribution in [0.25, 0.3) is 0 Å². The van der Waals surface area contributed by atoms with E-state index < -0.39 is 12.6 Å². The highest BCUT2D eigenvalue weighted by atomic mass is 127. The molecular weight excluding hydrogens is 310 g/mol. The van der Waals surface area contributed by atoms with Gasteiger partial charge < -0.3 is 0 Å². The molecule has 0 N–H and O–H groups in total. The highest BCUT2D eigenvalue weighted by molar-refractivity contribution is 14.1. The van der Waals surface area contributed by atoms with E-state index in [-0.39, 0.29) is 4.90 Å². The maximum atomic E-state index is 11.4. The molecule has 0 bridgehead atoms. The Morgan fingerprint density at radius 2 is 1.75 bits per heavy atom. The van der Waals surface area contributed by atoms with E-state index in [1.165, 1.54) is 12.1 Å². The molecule has 2 nitrogen and oxygen atoms in total. The van der Waals surface area contributed by atoms with E-state index in [9.17, 15) is 8.42 Å². The standard InChI is InChI=1S/C7H6ClIO2S/c8-7(9)12(10,11)6-4-2-1-3-5-6/h1-5,7H. The Hall–Kier alpha value is 0.190. The summed E-state index contributed by atoms with van der Waals surface area (Å²) in [7, 11) is -3.32. The van der Waals surface area contributed by atoms with Gasteiger partial charge in [0.1, 0.15) is 0 Å². The van der Waals surface area contributed by atoms with Crippen molar-refractivity contribution in [1.29, 1.82) is 0 Å². The van der Waals surface area contributed by atoms with Crippen LogP contribution in [0.3, 0.4) is 0 Å². The van der Waals surface area contributed by atoms with Gasteiger partial charge >= 0.3 is 0 Å². The Balaban J connectivity index is 3.17. The van der Waals surface area contributed by atoms with Crippen LogP contribution >= 0.6 is 34.2 Å². The molecule has 1 aromatic carbocycles. The molecule has 1 rings (SSSR count). The predicted octanol–water partition coefficient (Wildman–Crippen LogP) is 2.42. The maximum absolute atomic E-state index is 11.4. The Morgan fingerprint density at radius 3 is 2.17 bits per heavy atom. The van der Waals surface area contributed by atoms with Crippen molar-refractivity contribution in [3.63, 3.8) is 0 Å². The number of alkyl halides is 2. The third-order valence-electron chi connectivity index (χ3n) is 1.31. The normalized spacial score (nSPS) is 14.2. The molecule has 0 aliphatic rings. The van der Waals surface area contributed by atoms with Gasteiger partial charge in [-0.2, -0.15) is 0 Å². The SMILES string of the molecule is O=S(=O)(c1ccccc1)C(Cl)I. The van der Waals surface area contributed by atoms with E-state index >= 15 is 0 Å². The van der Waals surface area contributed by atoms with Gasteiger partial charge in [-0.25, -0.2) is 8.42 Å². The van der Waals surface area contributed by atoms with Crippen LogP contribution in [0, 0.1) is 0 Å². The van der Waals surface area contributed by atoms with E-state index in [4.69, 9.17) is 11.6 Å². The first-order chi connectivity index (χ1) is 5.55. The number of benzene rings is 1. The molecule has 1 unspecified atom stereocenters. The van der Waals surface area contributed by atoms with E-state index in [0.717, 1.165) is 0 Å². The van der Waals surface area contributed by atoms with E-state index in [1.54, 1.807) is 40.8 Å². The predicted molar refractivity (Wildman–Crippen MR) is 57.3 cm³/mol. The van der Waals surface area contributed by atoms with Crippen molar-refractivity contribution in [2.45, 2.75) is 7.61 Å². The van der Waals surface area contributed by atoms with Crippen molar-refractivity contribution in [3.8, 4) is 0 Å². The van der Waals surface area contributed by atoms with Crippen molar-refractivity contribution < 1.29 is 8.42 Å². The number of halogens is 2. The molecule has 12 heavy (non-hydrogen) atoms. The van der Waals surface area contributed by atoms with Crippen molar-refractivity contribution in [1.82, 2.24) is 0 Å². The average Bonchev–Trinajstić information content (AvgIpc) is 2.06. The molecule has 0 heterocycles. The third-order valence-corrected chi connectivity index (χ3v) is 5.42. The fourth-order valence-electron chi connectivity index (χ4n) is 0.713. The fraction of sp³-hybridized carbons (Fsp3) is 0.143. The lowest BCUT2D eigenvalue weighted by Crippen LogP contribution is -2.08. The molecule has 66 valence electrons. The third kappa shape index (κ3) is 2.11. The zero-order valence-electron chi connectivity index (χ0n) is 5.94. The summed E-state index contributed by atoms with van der Waals surface area (Å²) in [4.78, 5) is 0.263. The molecule has 1 aromatic rings. The van der Waals surface area contributed by atoms with Crippen LogP contribution in [0.5, 0.6) is 0 Å². The summed E-state index contributed by atoms with van der Waals surface area (Å²) in [6.07, 6.45) is 0. The Bertz CT molecular complexity index is 347. The van der Waals surface area contributed by atoms with Crippen LogP contribution in [0.4, 0.5) is 0 Å². The molecule has 0 saturated heterocycles. The lowest BCUT2D eigenvalue weighted by atomic mass is 10.4. The summed E-state index contributed by atoms with van der Waals surface area (Å²) in [5, 5.41) is 0. The number of hydrogen-bond acceptors (Lipinski definition) is 2. The quantitative estimate of drug-likeness (QED) is 0.620. The molecule has 5 heteroatoms. The molecule has 0 radical (unpaired) electrons. The topological polar surface area (TPSA) is 34.1 Å². The highest BCUT2D eigenvalue weighted by Crippen LogP contribution is 2.22. The van der Waals surface area contributed by atoms with Crippen LogP contribution in [-0.2, 0) is 9.84 Å². The number of rotatable bonds is 2. The molecule has 0 aliphatic heterocycles. The van der Waals surface area contributed by atoms with E-state index in [0.29, 0.717) is 0 Å². The first-order valence-corrected chi connectivity index (χ1v) is 6.35. The van der Waals surface area contributed by atoms with Crippen LogP contribution in [0.15, 0.2) is 35.2 Å². The summed E-state index contributed by atoms with van der Waals surface area (Å²) in [5.41, 5.74) is 0. The minimum absolute atomic E-state index is 0.263. The smallest absolute Gasteiger partial charge is 0.204 e. The molecular formula is C7H6ClIO2S. The second-order valence-corrected chi connectivity index (χ2v) is 7.67. The van der Waals surface area contributed by atoms with Crippen LogP contribution < -0.4 is 0 Å². The Kier molecular flexibility index (Phi) is 3.37. The van der Waals surface area contributed by atoms with E-state index in [2.05, 4.69) is 0 Å². The summed E-state index contributed by atoms with van der Waals surface area (Å²) in [6, 6.07) is 8.16. The number of hydrogen-bond donors (Lipinski definition) is 0. The fourth-order valence-corrected chi connectivity index (χ4v) is 2.64. The molecule has 1 atom stereocenters. The monoisotopic (exact) mass is 316 g/mol. The van der Waals surface area contributed by atoms with Gasteiger partial charge in [-0.05, 0) is 34.7 Å². The summed E-state index contributed by atoms with van der Waals surface area (Å²) < 4.78 is 21.9. The summed E-state index contributed by atoms with van der Waals surface area (Å²) in [6.45, 7) is 0. The Labute approximate surface area is 90.0 Å². The summed E-state index contributed by atoms with van der Waals surface area (Å²) in [5.74, 6) is 0. The zero-order valence-corrected chi connectivity index (χ0v) is 9.67. The van der Waals surface area contributed by atoms with Gasteiger partial charge in [0.15, 0.2) is 2.72 Å². The Morgan fingerprint density at radius 1 is 1.25 bits per heavy atom. The molecule has 0 saturated carbocycles. The molecule has 0 aliphatic carbocycles. The molecule has 0 fully saturated rings. The second kappa shape index (κ2) is 3.93. The van der Waals surface area contributed by atoms with Crippen LogP contribution in [-0.4, -0.2) is 11.1 Å². The van der Waals surface area contributed by atoms with Crippen LogP contribution in [0.1, 0.15) is 0 Å². The largest absolute Gasteiger partial charge is 0.221 e. The lowest BCUT2D eigenvalue weighted by molar-refractivity contribution is 0.599. The van der Waals surface area contributed by atoms with Gasteiger partial charge in [-0.1, -0.05) is 29.8 Å². The molecule has 0 amide bonds. The highest BCUT2D eigenvalue weighted by Gasteiger charge is 2.21. The molecule has 0 aromatic heterocycles. The second-order valence-electron chi connectivity index (χ2n) is 2.12. The zero-order chi connectivity index (χ0) is 9.19. The van der Waals surface area contributed by atoms with Gasteiger partial charge in [0.25, 0.3) is 0 Å². The van der Waals surface area contributed by atoms with Crippen molar-refractivity contribution in [3.05, 3.63) is 30.3 Å². The molecule has 0 spiro atoms. The first-order valence-electron chi connectivity index (χ1n) is 3.12. The van der Waals surface area contributed by atoms with Gasteiger partial charge in [0.05, 0.1) is 4.90 Å². The average molecular weight is 317 g/mol. The van der Waals surface area contributed by atoms with Gasteiger partial charge in [0.2, 0.25) is 9.84 Å². The van der Waals surface area contributed by atoms with Gasteiger partial charge in [-0.3, -0.25) is 0 Å². The van der Waals surface area contributed by atoms with Gasteiger partial charge in [-0.15, -0.1) is 0 Å². The van der Waals surface area contributed by atoms with Crippen molar-refractivity contribution in [2.75, 3.05) is 0 Å². The first kappa shape index (κ1) is 10.3. The minimum atomic E-state index is -3.32.